The number of rotatable bonds is 5. The predicted octanol–water partition coefficient (Wildman–Crippen LogP) is 5.31. The Morgan fingerprint density at radius 1 is 1.04 bits per heavy atom. The molecule has 0 aliphatic heterocycles. The number of ether oxygens (including phenoxy) is 2. The van der Waals surface area contributed by atoms with Crippen LogP contribution in [0.1, 0.15) is 36.7 Å². The van der Waals surface area contributed by atoms with Crippen molar-refractivity contribution in [1.82, 2.24) is 0 Å². The van der Waals surface area contributed by atoms with Crippen molar-refractivity contribution in [2.45, 2.75) is 26.2 Å². The summed E-state index contributed by atoms with van der Waals surface area (Å²) in [6.45, 7) is 6.05. The molecule has 1 amide bonds. The number of amides is 1. The Bertz CT molecular complexity index is 860. The number of carbonyl (C=O) groups is 2. The molecule has 0 bridgehead atoms. The number of nitrogens with one attached hydrogen (secondary N) is 1. The van der Waals surface area contributed by atoms with Crippen molar-refractivity contribution in [3.8, 4) is 5.75 Å². The molecule has 144 valence electrons. The first-order valence-electron chi connectivity index (χ1n) is 8.22. The molecular formula is C20H21Br2NO4. The van der Waals surface area contributed by atoms with Crippen LogP contribution in [-0.4, -0.2) is 25.6 Å². The maximum atomic E-state index is 12.4. The van der Waals surface area contributed by atoms with Crippen molar-refractivity contribution in [3.63, 3.8) is 0 Å². The lowest BCUT2D eigenvalue weighted by molar-refractivity contribution is -0.118. The molecule has 2 aromatic carbocycles. The van der Waals surface area contributed by atoms with Gasteiger partial charge in [0, 0.05) is 14.5 Å². The third kappa shape index (κ3) is 5.81. The van der Waals surface area contributed by atoms with Gasteiger partial charge in [0.05, 0.1) is 18.4 Å². The first kappa shape index (κ1) is 21.4. The quantitative estimate of drug-likeness (QED) is 0.567. The van der Waals surface area contributed by atoms with E-state index in [0.717, 1.165) is 10.0 Å². The van der Waals surface area contributed by atoms with Crippen molar-refractivity contribution in [1.29, 1.82) is 0 Å². The average molecular weight is 499 g/mol. The molecule has 2 rings (SSSR count). The Balaban J connectivity index is 2.14. The average Bonchev–Trinajstić information content (AvgIpc) is 2.60. The highest BCUT2D eigenvalue weighted by Gasteiger charge is 2.20. The molecule has 0 radical (unpaired) electrons. The van der Waals surface area contributed by atoms with E-state index >= 15 is 0 Å². The Morgan fingerprint density at radius 3 is 2.30 bits per heavy atom. The van der Waals surface area contributed by atoms with Crippen LogP contribution in [0.3, 0.4) is 0 Å². The fraction of sp³-hybridized carbons (Fsp3) is 0.300. The van der Waals surface area contributed by atoms with Gasteiger partial charge >= 0.3 is 5.97 Å². The molecule has 0 aliphatic carbocycles. The highest BCUT2D eigenvalue weighted by atomic mass is 79.9. The van der Waals surface area contributed by atoms with Gasteiger partial charge in [-0.05, 0) is 41.8 Å². The fourth-order valence-corrected chi connectivity index (χ4v) is 3.17. The van der Waals surface area contributed by atoms with E-state index in [1.165, 1.54) is 7.11 Å². The van der Waals surface area contributed by atoms with Crippen molar-refractivity contribution in [3.05, 3.63) is 56.5 Å². The summed E-state index contributed by atoms with van der Waals surface area (Å²) >= 11 is 6.77. The number of hydrogen-bond acceptors (Lipinski definition) is 4. The molecule has 0 aromatic heterocycles. The van der Waals surface area contributed by atoms with Gasteiger partial charge < -0.3 is 14.8 Å². The van der Waals surface area contributed by atoms with E-state index in [2.05, 4.69) is 57.9 Å². The zero-order valence-electron chi connectivity index (χ0n) is 15.6. The number of halogens is 2. The van der Waals surface area contributed by atoms with Crippen LogP contribution in [0.2, 0.25) is 0 Å². The minimum Gasteiger partial charge on any atom is -0.483 e. The second-order valence-corrected chi connectivity index (χ2v) is 8.74. The summed E-state index contributed by atoms with van der Waals surface area (Å²) in [5.41, 5.74) is 1.48. The number of anilines is 1. The molecule has 2 aromatic rings. The highest BCUT2D eigenvalue weighted by molar-refractivity contribution is 9.10. The number of hydrogen-bond donors (Lipinski definition) is 1. The lowest BCUT2D eigenvalue weighted by Crippen LogP contribution is -2.23. The Kier molecular flexibility index (Phi) is 7.06. The van der Waals surface area contributed by atoms with E-state index < -0.39 is 5.97 Å². The van der Waals surface area contributed by atoms with Crippen molar-refractivity contribution in [2.75, 3.05) is 19.0 Å². The number of methoxy groups -OCH3 is 1. The normalized spacial score (nSPS) is 11.0. The number of benzene rings is 2. The molecule has 1 N–H and O–H groups in total. The van der Waals surface area contributed by atoms with Crippen molar-refractivity contribution >= 4 is 49.4 Å². The standard InChI is InChI=1S/C20H21Br2NO4/c1-20(2,3)15-10-13(22)6-8-17(15)27-11-18(24)23-16-7-5-12(21)9-14(16)19(25)26-4/h5-10H,11H2,1-4H3,(H,23,24). The fourth-order valence-electron chi connectivity index (χ4n) is 2.45. The molecule has 0 aliphatic rings. The van der Waals surface area contributed by atoms with E-state index in [9.17, 15) is 9.59 Å². The zero-order valence-corrected chi connectivity index (χ0v) is 18.7. The molecule has 0 saturated heterocycles. The van der Waals surface area contributed by atoms with Crippen LogP contribution >= 0.6 is 31.9 Å². The van der Waals surface area contributed by atoms with Crippen LogP contribution in [0.15, 0.2) is 45.3 Å². The van der Waals surface area contributed by atoms with Crippen LogP contribution in [-0.2, 0) is 14.9 Å². The smallest absolute Gasteiger partial charge is 0.340 e. The van der Waals surface area contributed by atoms with Crippen molar-refractivity contribution in [2.24, 2.45) is 0 Å². The molecule has 0 spiro atoms. The molecule has 27 heavy (non-hydrogen) atoms. The summed E-state index contributed by atoms with van der Waals surface area (Å²) in [6.07, 6.45) is 0. The summed E-state index contributed by atoms with van der Waals surface area (Å²) in [5.74, 6) is -0.259. The van der Waals surface area contributed by atoms with E-state index in [0.29, 0.717) is 15.9 Å². The summed E-state index contributed by atoms with van der Waals surface area (Å²) < 4.78 is 12.2. The Morgan fingerprint density at radius 2 is 1.67 bits per heavy atom. The highest BCUT2D eigenvalue weighted by Crippen LogP contribution is 2.33. The zero-order chi connectivity index (χ0) is 20.2. The molecule has 0 saturated carbocycles. The first-order valence-corrected chi connectivity index (χ1v) is 9.81. The van der Waals surface area contributed by atoms with Gasteiger partial charge in [0.1, 0.15) is 5.75 Å². The summed E-state index contributed by atoms with van der Waals surface area (Å²) in [5, 5.41) is 2.70. The molecule has 0 fully saturated rings. The lowest BCUT2D eigenvalue weighted by Gasteiger charge is -2.23. The van der Waals surface area contributed by atoms with Crippen LogP contribution < -0.4 is 10.1 Å². The van der Waals surface area contributed by atoms with E-state index in [-0.39, 0.29) is 23.5 Å². The van der Waals surface area contributed by atoms with E-state index in [1.807, 2.05) is 18.2 Å². The van der Waals surface area contributed by atoms with Gasteiger partial charge in [-0.25, -0.2) is 4.79 Å². The number of esters is 1. The summed E-state index contributed by atoms with van der Waals surface area (Å²) in [7, 11) is 1.29. The van der Waals surface area contributed by atoms with E-state index in [1.54, 1.807) is 18.2 Å². The second-order valence-electron chi connectivity index (χ2n) is 6.91. The first-order chi connectivity index (χ1) is 12.6. The van der Waals surface area contributed by atoms with Gasteiger partial charge in [0.2, 0.25) is 0 Å². The van der Waals surface area contributed by atoms with Gasteiger partial charge in [-0.1, -0.05) is 52.6 Å². The van der Waals surface area contributed by atoms with Crippen LogP contribution in [0.4, 0.5) is 5.69 Å². The maximum absolute atomic E-state index is 12.4. The third-order valence-corrected chi connectivity index (χ3v) is 4.76. The molecule has 7 heteroatoms. The van der Waals surface area contributed by atoms with Crippen LogP contribution in [0.25, 0.3) is 0 Å². The van der Waals surface area contributed by atoms with Gasteiger partial charge in [-0.2, -0.15) is 0 Å². The summed E-state index contributed by atoms with van der Waals surface area (Å²) in [4.78, 5) is 24.3. The van der Waals surface area contributed by atoms with Gasteiger partial charge in [-0.15, -0.1) is 0 Å². The Labute approximate surface area is 175 Å². The molecule has 0 heterocycles. The molecular weight excluding hydrogens is 478 g/mol. The molecule has 5 nitrogen and oxygen atoms in total. The van der Waals surface area contributed by atoms with Gasteiger partial charge in [-0.3, -0.25) is 4.79 Å². The van der Waals surface area contributed by atoms with Crippen LogP contribution in [0, 0.1) is 0 Å². The largest absolute Gasteiger partial charge is 0.483 e. The van der Waals surface area contributed by atoms with Crippen molar-refractivity contribution < 1.29 is 19.1 Å². The minimum atomic E-state index is -0.532. The minimum absolute atomic E-state index is 0.140. The maximum Gasteiger partial charge on any atom is 0.340 e. The Hall–Kier alpha value is -1.86. The van der Waals surface area contributed by atoms with Gasteiger partial charge in [0.25, 0.3) is 5.91 Å². The number of carbonyl (C=O) groups excluding carboxylic acids is 2. The SMILES string of the molecule is COC(=O)c1cc(Br)ccc1NC(=O)COc1ccc(Br)cc1C(C)(C)C. The monoisotopic (exact) mass is 497 g/mol. The third-order valence-electron chi connectivity index (χ3n) is 3.77. The second kappa shape index (κ2) is 8.89. The predicted molar refractivity (Wildman–Crippen MR) is 112 cm³/mol. The van der Waals surface area contributed by atoms with Crippen LogP contribution in [0.5, 0.6) is 5.75 Å². The lowest BCUT2D eigenvalue weighted by atomic mass is 9.86. The summed E-state index contributed by atoms with van der Waals surface area (Å²) in [6, 6.07) is 10.6. The van der Waals surface area contributed by atoms with Gasteiger partial charge in [0.15, 0.2) is 6.61 Å². The molecule has 0 atom stereocenters. The van der Waals surface area contributed by atoms with E-state index in [4.69, 9.17) is 9.47 Å². The topological polar surface area (TPSA) is 64.6 Å². The molecule has 0 unspecified atom stereocenters.